The number of halogens is 2. The summed E-state index contributed by atoms with van der Waals surface area (Å²) in [6.45, 7) is 1.28. The first kappa shape index (κ1) is 15.7. The van der Waals surface area contributed by atoms with Gasteiger partial charge in [0.15, 0.2) is 0 Å². The van der Waals surface area contributed by atoms with Gasteiger partial charge in [0.25, 0.3) is 5.91 Å². The number of carbonyl (C=O) groups is 3. The minimum atomic E-state index is -0.920. The quantitative estimate of drug-likeness (QED) is 0.825. The summed E-state index contributed by atoms with van der Waals surface area (Å²) in [5.74, 6) is -1.42. The highest BCUT2D eigenvalue weighted by Gasteiger charge is 2.56. The van der Waals surface area contributed by atoms with Gasteiger partial charge in [-0.05, 0) is 43.9 Å². The number of carbonyl (C=O) groups excluding carboxylic acids is 3. The molecule has 6 nitrogen and oxygen atoms in total. The zero-order chi connectivity index (χ0) is 16.8. The molecule has 2 aliphatic rings. The maximum Gasteiger partial charge on any atom is 0.325 e. The van der Waals surface area contributed by atoms with E-state index in [1.807, 2.05) is 0 Å². The molecule has 0 spiro atoms. The SMILES string of the molecule is C[C@]1(C2CC2)NC(=O)N(CC(=O)Nc2ccc(F)c(Cl)c2)C1=O. The van der Waals surface area contributed by atoms with Crippen molar-refractivity contribution in [1.29, 1.82) is 0 Å². The summed E-state index contributed by atoms with van der Waals surface area (Å²) in [5, 5.41) is 5.03. The Balaban J connectivity index is 1.66. The third-order valence-electron chi connectivity index (χ3n) is 4.20. The summed E-state index contributed by atoms with van der Waals surface area (Å²) in [4.78, 5) is 37.3. The molecule has 1 heterocycles. The van der Waals surface area contributed by atoms with Crippen molar-refractivity contribution in [2.24, 2.45) is 5.92 Å². The molecule has 4 amide bonds. The van der Waals surface area contributed by atoms with Crippen molar-refractivity contribution in [2.75, 3.05) is 11.9 Å². The predicted molar refractivity (Wildman–Crippen MR) is 81.4 cm³/mol. The highest BCUT2D eigenvalue weighted by molar-refractivity contribution is 6.31. The van der Waals surface area contributed by atoms with Crippen LogP contribution in [0.3, 0.4) is 0 Å². The number of rotatable bonds is 4. The van der Waals surface area contributed by atoms with Crippen molar-refractivity contribution >= 4 is 35.1 Å². The lowest BCUT2D eigenvalue weighted by molar-refractivity contribution is -0.134. The Morgan fingerprint density at radius 3 is 2.78 bits per heavy atom. The molecule has 122 valence electrons. The van der Waals surface area contributed by atoms with Gasteiger partial charge in [-0.15, -0.1) is 0 Å². The molecule has 0 radical (unpaired) electrons. The van der Waals surface area contributed by atoms with E-state index in [0.29, 0.717) is 5.69 Å². The fourth-order valence-electron chi connectivity index (χ4n) is 2.71. The predicted octanol–water partition coefficient (Wildman–Crippen LogP) is 2.14. The number of benzene rings is 1. The van der Waals surface area contributed by atoms with E-state index in [9.17, 15) is 18.8 Å². The van der Waals surface area contributed by atoms with E-state index in [1.54, 1.807) is 6.92 Å². The Morgan fingerprint density at radius 1 is 1.48 bits per heavy atom. The van der Waals surface area contributed by atoms with E-state index in [2.05, 4.69) is 10.6 Å². The first-order chi connectivity index (χ1) is 10.8. The molecular weight excluding hydrogens is 325 g/mol. The summed E-state index contributed by atoms with van der Waals surface area (Å²) in [6.07, 6.45) is 1.77. The molecule has 1 aromatic carbocycles. The van der Waals surface area contributed by atoms with Crippen LogP contribution in [0.2, 0.25) is 5.02 Å². The Kier molecular flexibility index (Phi) is 3.75. The minimum absolute atomic E-state index is 0.126. The van der Waals surface area contributed by atoms with Crippen molar-refractivity contribution in [1.82, 2.24) is 10.2 Å². The smallest absolute Gasteiger partial charge is 0.324 e. The molecule has 3 rings (SSSR count). The number of hydrogen-bond acceptors (Lipinski definition) is 3. The Labute approximate surface area is 137 Å². The normalized spacial score (nSPS) is 23.9. The zero-order valence-corrected chi connectivity index (χ0v) is 13.1. The van der Waals surface area contributed by atoms with Crippen LogP contribution < -0.4 is 10.6 Å². The van der Waals surface area contributed by atoms with Gasteiger partial charge in [0, 0.05) is 5.69 Å². The zero-order valence-electron chi connectivity index (χ0n) is 12.4. The second-order valence-electron chi connectivity index (χ2n) is 5.98. The number of hydrogen-bond donors (Lipinski definition) is 2. The largest absolute Gasteiger partial charge is 0.325 e. The van der Waals surface area contributed by atoms with Crippen LogP contribution in [-0.4, -0.2) is 34.8 Å². The standard InChI is InChI=1S/C15H15ClFN3O3/c1-15(8-2-3-8)13(22)20(14(23)19-15)7-12(21)18-9-4-5-11(17)10(16)6-9/h4-6,8H,2-3,7H2,1H3,(H,18,21)(H,19,23)/t15-/m1/s1. The van der Waals surface area contributed by atoms with Gasteiger partial charge in [-0.2, -0.15) is 0 Å². The van der Waals surface area contributed by atoms with Gasteiger partial charge in [0.1, 0.15) is 17.9 Å². The molecule has 1 saturated carbocycles. The molecule has 2 N–H and O–H groups in total. The third kappa shape index (κ3) is 2.88. The molecule has 23 heavy (non-hydrogen) atoms. The summed E-state index contributed by atoms with van der Waals surface area (Å²) >= 11 is 5.64. The molecule has 1 aliphatic heterocycles. The van der Waals surface area contributed by atoms with Crippen LogP contribution in [0, 0.1) is 11.7 Å². The topological polar surface area (TPSA) is 78.5 Å². The number of nitrogens with one attached hydrogen (secondary N) is 2. The summed E-state index contributed by atoms with van der Waals surface area (Å²) in [6, 6.07) is 3.15. The van der Waals surface area contributed by atoms with Crippen molar-refractivity contribution in [3.05, 3.63) is 29.0 Å². The molecule has 1 aliphatic carbocycles. The first-order valence-corrected chi connectivity index (χ1v) is 7.58. The average Bonchev–Trinajstić information content (AvgIpc) is 3.29. The molecule has 0 unspecified atom stereocenters. The van der Waals surface area contributed by atoms with Crippen LogP contribution >= 0.6 is 11.6 Å². The molecule has 0 bridgehead atoms. The number of imide groups is 1. The molecule has 2 fully saturated rings. The Morgan fingerprint density at radius 2 is 2.17 bits per heavy atom. The van der Waals surface area contributed by atoms with E-state index in [1.165, 1.54) is 12.1 Å². The molecule has 1 aromatic rings. The number of anilines is 1. The van der Waals surface area contributed by atoms with Crippen LogP contribution in [0.4, 0.5) is 14.9 Å². The maximum absolute atomic E-state index is 13.1. The van der Waals surface area contributed by atoms with Gasteiger partial charge >= 0.3 is 6.03 Å². The monoisotopic (exact) mass is 339 g/mol. The highest BCUT2D eigenvalue weighted by atomic mass is 35.5. The number of nitrogens with zero attached hydrogens (tertiary/aromatic N) is 1. The van der Waals surface area contributed by atoms with Crippen molar-refractivity contribution in [3.63, 3.8) is 0 Å². The second-order valence-corrected chi connectivity index (χ2v) is 6.38. The minimum Gasteiger partial charge on any atom is -0.324 e. The van der Waals surface area contributed by atoms with Gasteiger partial charge in [-0.1, -0.05) is 11.6 Å². The average molecular weight is 340 g/mol. The van der Waals surface area contributed by atoms with Gasteiger partial charge in [0.05, 0.1) is 5.02 Å². The Hall–Kier alpha value is -2.15. The van der Waals surface area contributed by atoms with Crippen molar-refractivity contribution in [3.8, 4) is 0 Å². The van der Waals surface area contributed by atoms with Gasteiger partial charge in [0.2, 0.25) is 5.91 Å². The molecular formula is C15H15ClFN3O3. The maximum atomic E-state index is 13.1. The van der Waals surface area contributed by atoms with Crippen LogP contribution in [0.1, 0.15) is 19.8 Å². The van der Waals surface area contributed by atoms with E-state index in [0.717, 1.165) is 23.8 Å². The van der Waals surface area contributed by atoms with E-state index in [-0.39, 0.29) is 10.9 Å². The van der Waals surface area contributed by atoms with Gasteiger partial charge < -0.3 is 10.6 Å². The van der Waals surface area contributed by atoms with Gasteiger partial charge in [-0.3, -0.25) is 14.5 Å². The highest BCUT2D eigenvalue weighted by Crippen LogP contribution is 2.42. The van der Waals surface area contributed by atoms with Crippen molar-refractivity contribution < 1.29 is 18.8 Å². The number of amides is 4. The van der Waals surface area contributed by atoms with E-state index >= 15 is 0 Å². The number of urea groups is 1. The van der Waals surface area contributed by atoms with Crippen LogP contribution in [-0.2, 0) is 9.59 Å². The lowest BCUT2D eigenvalue weighted by atomic mass is 9.96. The second kappa shape index (κ2) is 5.49. The summed E-state index contributed by atoms with van der Waals surface area (Å²) < 4.78 is 13.1. The van der Waals surface area contributed by atoms with Crippen LogP contribution in [0.5, 0.6) is 0 Å². The molecule has 0 aromatic heterocycles. The lowest BCUT2D eigenvalue weighted by Gasteiger charge is -2.20. The molecule has 8 heteroatoms. The van der Waals surface area contributed by atoms with Crippen LogP contribution in [0.25, 0.3) is 0 Å². The van der Waals surface area contributed by atoms with Crippen molar-refractivity contribution in [2.45, 2.75) is 25.3 Å². The Bertz CT molecular complexity index is 707. The third-order valence-corrected chi connectivity index (χ3v) is 4.49. The van der Waals surface area contributed by atoms with E-state index < -0.39 is 35.7 Å². The molecule has 1 atom stereocenters. The first-order valence-electron chi connectivity index (χ1n) is 7.20. The fraction of sp³-hybridized carbons (Fsp3) is 0.400. The van der Waals surface area contributed by atoms with Gasteiger partial charge in [-0.25, -0.2) is 9.18 Å². The lowest BCUT2D eigenvalue weighted by Crippen LogP contribution is -2.46. The van der Waals surface area contributed by atoms with E-state index in [4.69, 9.17) is 11.6 Å². The van der Waals surface area contributed by atoms with Crippen LogP contribution in [0.15, 0.2) is 18.2 Å². The fourth-order valence-corrected chi connectivity index (χ4v) is 2.90. The molecule has 1 saturated heterocycles. The summed E-state index contributed by atoms with van der Waals surface area (Å²) in [5.41, 5.74) is -0.630. The summed E-state index contributed by atoms with van der Waals surface area (Å²) in [7, 11) is 0.